The first-order valence-corrected chi connectivity index (χ1v) is 6.36. The van der Waals surface area contributed by atoms with E-state index in [2.05, 4.69) is 10.3 Å². The average Bonchev–Trinajstić information content (AvgIpc) is 2.54. The molecule has 21 heavy (non-hydrogen) atoms. The fourth-order valence-corrected chi connectivity index (χ4v) is 1.78. The van der Waals surface area contributed by atoms with Gasteiger partial charge in [0.15, 0.2) is 0 Å². The van der Waals surface area contributed by atoms with Crippen molar-refractivity contribution in [3.05, 3.63) is 47.8 Å². The minimum absolute atomic E-state index is 0.303. The summed E-state index contributed by atoms with van der Waals surface area (Å²) >= 11 is 0. The number of aromatic nitrogens is 1. The number of carbonyl (C=O) groups is 1. The molecule has 0 aliphatic rings. The number of ether oxygens (including phenoxy) is 2. The van der Waals surface area contributed by atoms with E-state index in [1.165, 1.54) is 7.11 Å². The van der Waals surface area contributed by atoms with Crippen LogP contribution in [0.4, 0.5) is 5.69 Å². The molecule has 1 aromatic carbocycles. The van der Waals surface area contributed by atoms with E-state index in [1.54, 1.807) is 43.6 Å². The quantitative estimate of drug-likeness (QED) is 0.875. The summed E-state index contributed by atoms with van der Waals surface area (Å²) in [6, 6.07) is 8.56. The molecule has 0 saturated carbocycles. The van der Waals surface area contributed by atoms with E-state index < -0.39 is 0 Å². The second-order valence-corrected chi connectivity index (χ2v) is 4.28. The molecular formula is C15H17N3O3. The van der Waals surface area contributed by atoms with Gasteiger partial charge in [-0.2, -0.15) is 0 Å². The number of nitrogens with one attached hydrogen (secondary N) is 1. The second-order valence-electron chi connectivity index (χ2n) is 4.28. The first-order chi connectivity index (χ1) is 10.2. The van der Waals surface area contributed by atoms with E-state index in [4.69, 9.17) is 15.2 Å². The van der Waals surface area contributed by atoms with Crippen molar-refractivity contribution in [2.75, 3.05) is 19.5 Å². The van der Waals surface area contributed by atoms with Crippen LogP contribution in [0.3, 0.4) is 0 Å². The van der Waals surface area contributed by atoms with E-state index in [0.717, 1.165) is 5.56 Å². The van der Waals surface area contributed by atoms with Gasteiger partial charge in [0.25, 0.3) is 5.91 Å². The van der Waals surface area contributed by atoms with Crippen LogP contribution in [0.5, 0.6) is 11.5 Å². The van der Waals surface area contributed by atoms with Crippen LogP contribution < -0.4 is 20.5 Å². The maximum atomic E-state index is 12.2. The highest BCUT2D eigenvalue weighted by atomic mass is 16.5. The third-order valence-corrected chi connectivity index (χ3v) is 2.95. The number of nitrogens with two attached hydrogens (primary N) is 1. The molecular weight excluding hydrogens is 270 g/mol. The molecule has 0 saturated heterocycles. The lowest BCUT2D eigenvalue weighted by Gasteiger charge is -2.11. The summed E-state index contributed by atoms with van der Waals surface area (Å²) in [6.07, 6.45) is 1.58. The Bertz CT molecular complexity index is 627. The van der Waals surface area contributed by atoms with Gasteiger partial charge in [-0.15, -0.1) is 0 Å². The van der Waals surface area contributed by atoms with E-state index in [-0.39, 0.29) is 5.91 Å². The van der Waals surface area contributed by atoms with Crippen LogP contribution in [-0.2, 0) is 6.54 Å². The number of benzene rings is 1. The highest BCUT2D eigenvalue weighted by Gasteiger charge is 2.12. The largest absolute Gasteiger partial charge is 0.497 e. The number of nitrogens with zero attached hydrogens (tertiary/aromatic N) is 1. The number of amides is 1. The molecule has 6 heteroatoms. The summed E-state index contributed by atoms with van der Waals surface area (Å²) in [7, 11) is 3.09. The van der Waals surface area contributed by atoms with Crippen LogP contribution in [0.1, 0.15) is 16.1 Å². The lowest BCUT2D eigenvalue weighted by molar-refractivity contribution is 0.102. The molecule has 0 atom stereocenters. The molecule has 0 spiro atoms. The van der Waals surface area contributed by atoms with Crippen molar-refractivity contribution in [1.82, 2.24) is 4.98 Å². The summed E-state index contributed by atoms with van der Waals surface area (Å²) in [5, 5.41) is 2.75. The fraction of sp³-hybridized carbons (Fsp3) is 0.200. The number of hydrogen-bond donors (Lipinski definition) is 2. The molecule has 0 aliphatic carbocycles. The summed E-state index contributed by atoms with van der Waals surface area (Å²) in [6.45, 7) is 0.388. The molecule has 0 radical (unpaired) electrons. The molecule has 0 fully saturated rings. The van der Waals surface area contributed by atoms with Crippen molar-refractivity contribution < 1.29 is 14.3 Å². The van der Waals surface area contributed by atoms with E-state index in [9.17, 15) is 4.79 Å². The van der Waals surface area contributed by atoms with Crippen molar-refractivity contribution in [3.63, 3.8) is 0 Å². The highest BCUT2D eigenvalue weighted by Crippen LogP contribution is 2.29. The lowest BCUT2D eigenvalue weighted by Crippen LogP contribution is -2.14. The number of carbonyl (C=O) groups excluding carboxylic acids is 1. The van der Waals surface area contributed by atoms with Gasteiger partial charge in [-0.3, -0.25) is 9.78 Å². The molecule has 1 amide bonds. The van der Waals surface area contributed by atoms with Gasteiger partial charge < -0.3 is 20.5 Å². The van der Waals surface area contributed by atoms with Crippen LogP contribution in [-0.4, -0.2) is 25.1 Å². The van der Waals surface area contributed by atoms with Gasteiger partial charge >= 0.3 is 0 Å². The smallest absolute Gasteiger partial charge is 0.274 e. The molecule has 6 nitrogen and oxygen atoms in total. The normalized spacial score (nSPS) is 10.0. The molecule has 0 bridgehead atoms. The highest BCUT2D eigenvalue weighted by molar-refractivity contribution is 6.03. The van der Waals surface area contributed by atoms with Crippen LogP contribution >= 0.6 is 0 Å². The standard InChI is InChI=1S/C15H17N3O3/c1-20-11-4-6-14(21-2)13(7-11)18-15(19)12-5-3-10(8-16)9-17-12/h3-7,9H,8,16H2,1-2H3,(H,18,19). The number of pyridine rings is 1. The monoisotopic (exact) mass is 287 g/mol. The van der Waals surface area contributed by atoms with Crippen molar-refractivity contribution in [2.24, 2.45) is 5.73 Å². The number of rotatable bonds is 5. The van der Waals surface area contributed by atoms with Gasteiger partial charge in [-0.1, -0.05) is 6.07 Å². The van der Waals surface area contributed by atoms with Crippen molar-refractivity contribution in [3.8, 4) is 11.5 Å². The Morgan fingerprint density at radius 2 is 2.05 bits per heavy atom. The topological polar surface area (TPSA) is 86.5 Å². The fourth-order valence-electron chi connectivity index (χ4n) is 1.78. The Labute approximate surface area is 122 Å². The van der Waals surface area contributed by atoms with Crippen molar-refractivity contribution >= 4 is 11.6 Å². The molecule has 1 heterocycles. The average molecular weight is 287 g/mol. The SMILES string of the molecule is COc1ccc(OC)c(NC(=O)c2ccc(CN)cn2)c1. The minimum atomic E-state index is -0.329. The third-order valence-electron chi connectivity index (χ3n) is 2.95. The molecule has 1 aromatic heterocycles. The number of anilines is 1. The summed E-state index contributed by atoms with van der Waals surface area (Å²) in [4.78, 5) is 16.3. The Morgan fingerprint density at radius 1 is 1.24 bits per heavy atom. The Morgan fingerprint density at radius 3 is 2.62 bits per heavy atom. The Hall–Kier alpha value is -2.60. The predicted octanol–water partition coefficient (Wildman–Crippen LogP) is 1.81. The zero-order valence-electron chi connectivity index (χ0n) is 11.9. The zero-order chi connectivity index (χ0) is 15.2. The predicted molar refractivity (Wildman–Crippen MR) is 79.6 cm³/mol. The first-order valence-electron chi connectivity index (χ1n) is 6.36. The van der Waals surface area contributed by atoms with Gasteiger partial charge in [0.05, 0.1) is 19.9 Å². The summed E-state index contributed by atoms with van der Waals surface area (Å²) in [5.41, 5.74) is 7.19. The van der Waals surface area contributed by atoms with Crippen LogP contribution in [0, 0.1) is 0 Å². The molecule has 3 N–H and O–H groups in total. The molecule has 2 rings (SSSR count). The van der Waals surface area contributed by atoms with Crippen LogP contribution in [0.15, 0.2) is 36.5 Å². The molecule has 0 aliphatic heterocycles. The van der Waals surface area contributed by atoms with Crippen molar-refractivity contribution in [2.45, 2.75) is 6.54 Å². The second kappa shape index (κ2) is 6.71. The van der Waals surface area contributed by atoms with Crippen molar-refractivity contribution in [1.29, 1.82) is 0 Å². The number of methoxy groups -OCH3 is 2. The zero-order valence-corrected chi connectivity index (χ0v) is 11.9. The Kier molecular flexibility index (Phi) is 4.73. The Balaban J connectivity index is 2.21. The van der Waals surface area contributed by atoms with E-state index >= 15 is 0 Å². The third kappa shape index (κ3) is 3.49. The molecule has 110 valence electrons. The molecule has 2 aromatic rings. The van der Waals surface area contributed by atoms with Gasteiger partial charge in [0.1, 0.15) is 17.2 Å². The first kappa shape index (κ1) is 14.8. The van der Waals surface area contributed by atoms with Gasteiger partial charge in [0.2, 0.25) is 0 Å². The van der Waals surface area contributed by atoms with E-state index in [0.29, 0.717) is 29.4 Å². The summed E-state index contributed by atoms with van der Waals surface area (Å²) < 4.78 is 10.3. The van der Waals surface area contributed by atoms with Gasteiger partial charge in [0, 0.05) is 18.8 Å². The van der Waals surface area contributed by atoms with E-state index in [1.807, 2.05) is 0 Å². The van der Waals surface area contributed by atoms with Gasteiger partial charge in [-0.25, -0.2) is 0 Å². The maximum Gasteiger partial charge on any atom is 0.274 e. The van der Waals surface area contributed by atoms with Crippen LogP contribution in [0.25, 0.3) is 0 Å². The maximum absolute atomic E-state index is 12.2. The van der Waals surface area contributed by atoms with Gasteiger partial charge in [-0.05, 0) is 23.8 Å². The lowest BCUT2D eigenvalue weighted by atomic mass is 10.2. The molecule has 0 unspecified atom stereocenters. The van der Waals surface area contributed by atoms with Crippen LogP contribution in [0.2, 0.25) is 0 Å². The number of hydrogen-bond acceptors (Lipinski definition) is 5. The summed E-state index contributed by atoms with van der Waals surface area (Å²) in [5.74, 6) is 0.838. The minimum Gasteiger partial charge on any atom is -0.497 e.